The summed E-state index contributed by atoms with van der Waals surface area (Å²) < 4.78 is 72.0. The smallest absolute Gasteiger partial charge is 0.227 e. The molecule has 0 N–H and O–H groups in total. The van der Waals surface area contributed by atoms with Gasteiger partial charge in [-0.2, -0.15) is 0 Å². The number of fused-ring (bicyclic) bond motifs is 6. The van der Waals surface area contributed by atoms with E-state index in [1.54, 1.807) is 6.07 Å². The fraction of sp³-hybridized carbons (Fsp3) is 0. The van der Waals surface area contributed by atoms with Crippen LogP contribution in [0, 0.1) is 0 Å². The lowest BCUT2D eigenvalue weighted by Crippen LogP contribution is -2.09. The summed E-state index contributed by atoms with van der Waals surface area (Å²) in [5, 5.41) is 3.58. The molecule has 11 rings (SSSR count). The zero-order valence-corrected chi connectivity index (χ0v) is 29.0. The van der Waals surface area contributed by atoms with Crippen LogP contribution in [0.15, 0.2) is 197 Å². The van der Waals surface area contributed by atoms with E-state index in [0.29, 0.717) is 17.3 Å². The van der Waals surface area contributed by atoms with Crippen molar-refractivity contribution in [2.45, 2.75) is 0 Å². The molecule has 0 bridgehead atoms. The van der Waals surface area contributed by atoms with Gasteiger partial charge < -0.3 is 13.7 Å². The highest BCUT2D eigenvalue weighted by atomic mass is 16.4. The van der Waals surface area contributed by atoms with Crippen molar-refractivity contribution in [3.8, 4) is 34.0 Å². The number of hydrogen-bond acceptors (Lipinski definition) is 5. The molecule has 0 fully saturated rings. The molecule has 2 heterocycles. The van der Waals surface area contributed by atoms with Gasteiger partial charge in [-0.05, 0) is 140 Å². The average Bonchev–Trinajstić information content (AvgIpc) is 3.94. The van der Waals surface area contributed by atoms with Gasteiger partial charge in [0.2, 0.25) is 11.8 Å². The Morgan fingerprint density at radius 2 is 0.945 bits per heavy atom. The Morgan fingerprint density at radius 3 is 1.56 bits per heavy atom. The van der Waals surface area contributed by atoms with E-state index in [4.69, 9.17) is 28.4 Å². The van der Waals surface area contributed by atoms with E-state index in [0.717, 1.165) is 71.9 Å². The predicted molar refractivity (Wildman–Crippen MR) is 225 cm³/mol. The third kappa shape index (κ3) is 5.49. The lowest BCUT2D eigenvalue weighted by atomic mass is 9.96. The summed E-state index contributed by atoms with van der Waals surface area (Å²) in [7, 11) is 0. The van der Waals surface area contributed by atoms with Crippen molar-refractivity contribution in [1.82, 2.24) is 9.97 Å². The molecule has 0 saturated carbocycles. The molecule has 0 unspecified atom stereocenters. The minimum atomic E-state index is -0.491. The highest BCUT2D eigenvalue weighted by molar-refractivity contribution is 6.09. The topological polar surface area (TPSA) is 55.3 Å². The number of aromatic nitrogens is 2. The lowest BCUT2D eigenvalue weighted by molar-refractivity contribution is 0.619. The zero-order valence-electron chi connectivity index (χ0n) is 36.0. The summed E-state index contributed by atoms with van der Waals surface area (Å²) >= 11 is 0. The number of para-hydroxylation sites is 4. The number of rotatable bonds is 6. The zero-order chi connectivity index (χ0) is 42.4. The Bertz CT molecular complexity index is 3440. The van der Waals surface area contributed by atoms with Crippen LogP contribution in [0.1, 0.15) is 9.60 Å². The number of hydrogen-bond donors (Lipinski definition) is 0. The fourth-order valence-corrected chi connectivity index (χ4v) is 7.22. The molecule has 2 aromatic heterocycles. The molecule has 0 amide bonds. The Hall–Kier alpha value is -7.50. The molecule has 0 aliphatic heterocycles. The first kappa shape index (κ1) is 24.7. The number of benzene rings is 9. The van der Waals surface area contributed by atoms with Gasteiger partial charge in [-0.25, -0.2) is 9.97 Å². The quantitative estimate of drug-likeness (QED) is 0.161. The Morgan fingerprint density at radius 1 is 0.418 bits per heavy atom. The number of anilines is 3. The second-order valence-electron chi connectivity index (χ2n) is 13.3. The molecule has 11 aromatic rings. The first-order chi connectivity index (χ1) is 30.1. The van der Waals surface area contributed by atoms with Gasteiger partial charge in [0.05, 0.1) is 9.60 Å². The minimum absolute atomic E-state index is 0.0654. The van der Waals surface area contributed by atoms with Crippen LogP contribution >= 0.6 is 0 Å². The van der Waals surface area contributed by atoms with Crippen molar-refractivity contribution in [2.24, 2.45) is 0 Å². The monoisotopic (exact) mass is 712 g/mol. The van der Waals surface area contributed by atoms with Crippen molar-refractivity contribution < 1.29 is 18.4 Å². The van der Waals surface area contributed by atoms with Gasteiger partial charge in [0.1, 0.15) is 11.0 Å². The first-order valence-electron chi connectivity index (χ1n) is 21.3. The van der Waals surface area contributed by atoms with E-state index < -0.39 is 24.2 Å². The van der Waals surface area contributed by atoms with Crippen molar-refractivity contribution in [2.75, 3.05) is 4.90 Å². The molecule has 0 aliphatic carbocycles. The van der Waals surface area contributed by atoms with Crippen molar-refractivity contribution in [1.29, 1.82) is 0 Å². The lowest BCUT2D eigenvalue weighted by Gasteiger charge is -2.26. The van der Waals surface area contributed by atoms with Crippen molar-refractivity contribution in [3.63, 3.8) is 0 Å². The highest BCUT2D eigenvalue weighted by Gasteiger charge is 2.17. The predicted octanol–water partition coefficient (Wildman–Crippen LogP) is 13.9. The normalized spacial score (nSPS) is 13.4. The van der Waals surface area contributed by atoms with Crippen molar-refractivity contribution in [3.05, 3.63) is 188 Å². The molecule has 0 radical (unpaired) electrons. The Kier molecular flexibility index (Phi) is 5.64. The van der Waals surface area contributed by atoms with E-state index in [2.05, 4.69) is 23.1 Å². The van der Waals surface area contributed by atoms with Gasteiger partial charge >= 0.3 is 0 Å². The summed E-state index contributed by atoms with van der Waals surface area (Å²) in [6.07, 6.45) is 0. The van der Waals surface area contributed by atoms with E-state index in [9.17, 15) is 0 Å². The van der Waals surface area contributed by atoms with Crippen LogP contribution < -0.4 is 4.90 Å². The average molecular weight is 713 g/mol. The molecular weight excluding hydrogens is 675 g/mol. The van der Waals surface area contributed by atoms with E-state index in [-0.39, 0.29) is 34.5 Å². The third-order valence-electron chi connectivity index (χ3n) is 9.95. The summed E-state index contributed by atoms with van der Waals surface area (Å²) in [6.45, 7) is 0. The van der Waals surface area contributed by atoms with Gasteiger partial charge in [-0.15, -0.1) is 0 Å². The molecule has 5 nitrogen and oxygen atoms in total. The Labute approximate surface area is 326 Å². The SMILES string of the molecule is [2H]c1c([2H])c([2H])c2c([2H])c(-c3ccc4c(ccc5cc(N(c6ccc(-c7nc8ccccc8o7)cc6)c6ccc(-c7nc8ccccc8o7)cc6)ccc54)c3)c([2H])c([2H])c2c1[2H]. The molecule has 0 saturated heterocycles. The summed E-state index contributed by atoms with van der Waals surface area (Å²) in [6, 6.07) is 44.9. The molecule has 55 heavy (non-hydrogen) atoms. The summed E-state index contributed by atoms with van der Waals surface area (Å²) in [4.78, 5) is 11.6. The number of nitrogens with zero attached hydrogens (tertiary/aromatic N) is 3. The molecule has 258 valence electrons. The van der Waals surface area contributed by atoms with E-state index in [1.165, 1.54) is 0 Å². The molecule has 9 aromatic carbocycles. The molecule has 5 heteroatoms. The second kappa shape index (κ2) is 12.6. The van der Waals surface area contributed by atoms with Gasteiger partial charge in [0.15, 0.2) is 11.2 Å². The van der Waals surface area contributed by atoms with Crippen molar-refractivity contribution >= 4 is 71.6 Å². The van der Waals surface area contributed by atoms with Gasteiger partial charge in [0, 0.05) is 28.2 Å². The maximum absolute atomic E-state index is 9.05. The molecule has 0 spiro atoms. The van der Waals surface area contributed by atoms with Crippen LogP contribution in [0.3, 0.4) is 0 Å². The molecule has 0 aliphatic rings. The van der Waals surface area contributed by atoms with Gasteiger partial charge in [-0.1, -0.05) is 90.9 Å². The van der Waals surface area contributed by atoms with Crippen LogP contribution in [-0.2, 0) is 0 Å². The molecule has 0 atom stereocenters. The van der Waals surface area contributed by atoms with Gasteiger partial charge in [0.25, 0.3) is 0 Å². The van der Waals surface area contributed by atoms with Crippen LogP contribution in [-0.4, -0.2) is 9.97 Å². The maximum atomic E-state index is 9.05. The highest BCUT2D eigenvalue weighted by Crippen LogP contribution is 2.40. The standard InChI is InChI=1S/C50H31N3O2/c1-2-8-35-29-36(14-13-32(35)7-1)37-21-27-43-38(30-37)15-16-39-31-42(26-28-44(39)43)53(40-22-17-33(18-23-40)49-51-45-9-3-5-11-47(45)54-49)41-24-19-34(20-25-41)50-52-46-10-4-6-12-48(46)55-50/h1-31H/i1D,2D,7D,8D,13D,14D,29D. The summed E-state index contributed by atoms with van der Waals surface area (Å²) in [5.74, 6) is 1.08. The van der Waals surface area contributed by atoms with Crippen LogP contribution in [0.25, 0.3) is 88.6 Å². The second-order valence-corrected chi connectivity index (χ2v) is 13.3. The van der Waals surface area contributed by atoms with Crippen LogP contribution in [0.4, 0.5) is 17.1 Å². The van der Waals surface area contributed by atoms with E-state index in [1.807, 2.05) is 121 Å². The van der Waals surface area contributed by atoms with E-state index >= 15 is 0 Å². The van der Waals surface area contributed by atoms with Crippen LogP contribution in [0.5, 0.6) is 0 Å². The summed E-state index contributed by atoms with van der Waals surface area (Å²) in [5.41, 5.74) is 8.14. The van der Waals surface area contributed by atoms with Crippen LogP contribution in [0.2, 0.25) is 0 Å². The minimum Gasteiger partial charge on any atom is -0.436 e. The van der Waals surface area contributed by atoms with Gasteiger partial charge in [-0.3, -0.25) is 0 Å². The number of oxazole rings is 2. The Balaban J connectivity index is 1.000. The largest absolute Gasteiger partial charge is 0.436 e. The maximum Gasteiger partial charge on any atom is 0.227 e. The third-order valence-corrected chi connectivity index (χ3v) is 9.95. The first-order valence-corrected chi connectivity index (χ1v) is 17.8. The fourth-order valence-electron chi connectivity index (χ4n) is 7.22. The molecular formula is C50H31N3O2.